The van der Waals surface area contributed by atoms with Crippen molar-refractivity contribution in [3.8, 4) is 74.3 Å². The van der Waals surface area contributed by atoms with E-state index in [1.165, 1.54) is 35.6 Å². The van der Waals surface area contributed by atoms with Gasteiger partial charge in [0.05, 0.1) is 80.5 Å². The number of primary amides is 1. The molecule has 31 heteroatoms. The highest BCUT2D eigenvalue weighted by atomic mass is 16.6. The first-order chi connectivity index (χ1) is 61.4. The number of aromatic nitrogens is 9. The third-order valence-electron chi connectivity index (χ3n) is 26.5. The van der Waals surface area contributed by atoms with Crippen LogP contribution in [-0.4, -0.2) is 140 Å². The lowest BCUT2D eigenvalue weighted by molar-refractivity contribution is -0.172. The summed E-state index contributed by atoms with van der Waals surface area (Å²) in [6.45, 7) is 20.4. The number of benzene rings is 6. The highest BCUT2D eigenvalue weighted by molar-refractivity contribution is 6.23. The molecule has 0 saturated carbocycles. The van der Waals surface area contributed by atoms with E-state index in [2.05, 4.69) is 36.9 Å². The molecule has 128 heavy (non-hydrogen) atoms. The van der Waals surface area contributed by atoms with Crippen molar-refractivity contribution in [2.45, 2.75) is 182 Å². The number of aliphatic hydroxyl groups is 2. The molecule has 13 heterocycles. The molecule has 7 aromatic heterocycles. The molecule has 2 unspecified atom stereocenters. The Bertz CT molecular complexity index is 6920. The van der Waals surface area contributed by atoms with Crippen LogP contribution < -0.4 is 37.5 Å². The summed E-state index contributed by atoms with van der Waals surface area (Å²) in [6.07, 6.45) is 11.3. The Kier molecular flexibility index (Phi) is 23.0. The van der Waals surface area contributed by atoms with Crippen molar-refractivity contribution in [2.24, 2.45) is 17.6 Å². The molecule has 12 N–H and O–H groups in total. The lowest BCUT2D eigenvalue weighted by atomic mass is 9.86. The van der Waals surface area contributed by atoms with Gasteiger partial charge in [0.2, 0.25) is 0 Å². The van der Waals surface area contributed by atoms with Crippen molar-refractivity contribution in [1.82, 2.24) is 53.2 Å². The number of likely N-dealkylation sites (tertiary alicyclic amines) is 1. The van der Waals surface area contributed by atoms with Crippen molar-refractivity contribution in [3.05, 3.63) is 226 Å². The van der Waals surface area contributed by atoms with Gasteiger partial charge in [-0.3, -0.25) is 15.0 Å². The van der Waals surface area contributed by atoms with Crippen LogP contribution in [0.1, 0.15) is 180 Å². The van der Waals surface area contributed by atoms with Gasteiger partial charge in [-0.1, -0.05) is 55.4 Å². The molecule has 31 nitrogen and oxygen atoms in total. The minimum absolute atomic E-state index is 0.0212. The number of amidine groups is 1. The maximum absolute atomic E-state index is 13.7. The number of nitrogens with zero attached hydrogens (tertiary/aromatic N) is 10. The van der Waals surface area contributed by atoms with E-state index < -0.39 is 41.0 Å². The predicted octanol–water partition coefficient (Wildman–Crippen LogP) is 13.8. The normalized spacial score (nSPS) is 17.0. The third kappa shape index (κ3) is 15.3. The average Bonchev–Trinajstić information content (AvgIpc) is 1.56. The molecular weight excluding hydrogens is 1630 g/mol. The predicted molar refractivity (Wildman–Crippen MR) is 482 cm³/mol. The maximum Gasteiger partial charge on any atom is 0.415 e. The molecule has 6 aromatic carbocycles. The van der Waals surface area contributed by atoms with Crippen LogP contribution in [-0.2, 0) is 82.5 Å². The number of phenolic OH excluding ortho intramolecular Hbond substituents is 5. The SMILES string of the molecule is CC(C)c1cc(-c2n[nH]c(=O)n2-c2ccc3c(ccn3CCC3CCNCC3)c2)c(O)cc1O.CCc1c2c(nc3ccc(O)cc13)-c1cc3c(c(=O)n1C2)COC(=O)C3(O)CC.CCc1c2c(nc3ccc(OC(=O)N4CCC(CCn5ccc6cc(N(C(=N)c7cc(C(C)C)c(O)cc7O)C(N)=O)ccc65)CC4)cc13)-c1cc3c(c(=O)n1C2)COC(=O)C3(O)CC. The van der Waals surface area contributed by atoms with Crippen LogP contribution in [0.2, 0.25) is 0 Å². The summed E-state index contributed by atoms with van der Waals surface area (Å²) in [5.74, 6) is -0.409. The second-order valence-electron chi connectivity index (χ2n) is 34.6. The number of phenols is 5. The minimum atomic E-state index is -1.91. The van der Waals surface area contributed by atoms with E-state index in [-0.39, 0.29) is 107 Å². The molecule has 0 radical (unpaired) electrons. The van der Waals surface area contributed by atoms with E-state index in [9.17, 15) is 69.3 Å². The van der Waals surface area contributed by atoms with E-state index in [0.29, 0.717) is 117 Å². The Balaban J connectivity index is 0.000000152. The number of nitrogens with one attached hydrogen (secondary N) is 3. The molecule has 0 bridgehead atoms. The number of rotatable bonds is 17. The Morgan fingerprint density at radius 2 is 1.12 bits per heavy atom. The Morgan fingerprint density at radius 3 is 1.67 bits per heavy atom. The zero-order valence-electron chi connectivity index (χ0n) is 72.4. The van der Waals surface area contributed by atoms with Crippen molar-refractivity contribution in [3.63, 3.8) is 0 Å². The van der Waals surface area contributed by atoms with E-state index in [1.54, 1.807) is 88.5 Å². The summed E-state index contributed by atoms with van der Waals surface area (Å²) in [7, 11) is 0. The highest BCUT2D eigenvalue weighted by Gasteiger charge is 2.48. The van der Waals surface area contributed by atoms with E-state index in [4.69, 9.17) is 35.3 Å². The number of esters is 2. The number of hydrogen-bond acceptors (Lipinski definition) is 22. The second kappa shape index (κ2) is 34.1. The fourth-order valence-electron chi connectivity index (χ4n) is 19.3. The van der Waals surface area contributed by atoms with Crippen LogP contribution in [0.15, 0.2) is 148 Å². The molecule has 2 atom stereocenters. The average molecular weight is 1740 g/mol. The van der Waals surface area contributed by atoms with Crippen LogP contribution >= 0.6 is 0 Å². The summed E-state index contributed by atoms with van der Waals surface area (Å²) in [6, 6.07) is 33.9. The van der Waals surface area contributed by atoms with Gasteiger partial charge in [0, 0.05) is 106 Å². The van der Waals surface area contributed by atoms with Crippen LogP contribution in [0.25, 0.3) is 83.5 Å². The van der Waals surface area contributed by atoms with E-state index in [0.717, 1.165) is 123 Å². The number of amides is 3. The van der Waals surface area contributed by atoms with Gasteiger partial charge in [0.15, 0.2) is 17.0 Å². The lowest BCUT2D eigenvalue weighted by Gasteiger charge is -2.31. The number of carbonyl (C=O) groups excluding carboxylic acids is 4. The van der Waals surface area contributed by atoms with Crippen molar-refractivity contribution in [1.29, 1.82) is 5.41 Å². The quantitative estimate of drug-likeness (QED) is 0.0229. The molecule has 6 aliphatic heterocycles. The zero-order valence-corrected chi connectivity index (χ0v) is 72.4. The molecule has 0 aliphatic carbocycles. The molecule has 19 rings (SSSR count). The summed E-state index contributed by atoms with van der Waals surface area (Å²) in [5.41, 5.74) is 14.6. The first kappa shape index (κ1) is 86.2. The number of hydrogen-bond donors (Lipinski definition) is 11. The summed E-state index contributed by atoms with van der Waals surface area (Å²) in [4.78, 5) is 103. The first-order valence-corrected chi connectivity index (χ1v) is 43.7. The first-order valence-electron chi connectivity index (χ1n) is 43.7. The zero-order chi connectivity index (χ0) is 90.4. The van der Waals surface area contributed by atoms with Crippen LogP contribution in [0.3, 0.4) is 0 Å². The van der Waals surface area contributed by atoms with Crippen LogP contribution in [0, 0.1) is 17.2 Å². The summed E-state index contributed by atoms with van der Waals surface area (Å²) < 4.78 is 25.4. The molecule has 2 saturated heterocycles. The van der Waals surface area contributed by atoms with Crippen molar-refractivity contribution < 1.29 is 69.1 Å². The van der Waals surface area contributed by atoms with Gasteiger partial charge in [0.1, 0.15) is 53.5 Å². The number of cyclic esters (lactones) is 2. The Labute approximate surface area is 734 Å². The van der Waals surface area contributed by atoms with Gasteiger partial charge in [-0.25, -0.2) is 48.5 Å². The number of aromatic hydroxyl groups is 5. The molecule has 13 aromatic rings. The van der Waals surface area contributed by atoms with Crippen LogP contribution in [0.5, 0.6) is 34.5 Å². The number of fused-ring (bicyclic) bond motifs is 12. The number of aryl methyl sites for hydroxylation is 4. The summed E-state index contributed by atoms with van der Waals surface area (Å²) in [5, 5.41) is 96.3. The van der Waals surface area contributed by atoms with Gasteiger partial charge >= 0.3 is 29.8 Å². The Morgan fingerprint density at radius 1 is 0.602 bits per heavy atom. The molecular formula is C97H102N14O17. The number of piperidine rings is 2. The summed E-state index contributed by atoms with van der Waals surface area (Å²) >= 11 is 0. The molecule has 662 valence electrons. The lowest BCUT2D eigenvalue weighted by Crippen LogP contribution is -2.44. The number of carbonyl (C=O) groups is 4. The molecule has 6 aliphatic rings. The fourth-order valence-corrected chi connectivity index (χ4v) is 19.3. The van der Waals surface area contributed by atoms with Crippen LogP contribution in [0.4, 0.5) is 15.3 Å². The van der Waals surface area contributed by atoms with Gasteiger partial charge < -0.3 is 84.2 Å². The largest absolute Gasteiger partial charge is 0.508 e. The smallest absolute Gasteiger partial charge is 0.415 e. The van der Waals surface area contributed by atoms with Gasteiger partial charge in [-0.05, 0) is 232 Å². The van der Waals surface area contributed by atoms with Crippen molar-refractivity contribution in [2.75, 3.05) is 31.1 Å². The third-order valence-corrected chi connectivity index (χ3v) is 26.5. The number of aromatic amines is 1. The standard InChI is InChI=1S/C49H51N7O9.C26H31N5O3.C22H20N2O5/c1-5-31-33-20-30(8-9-38(33)52-43-35(31)24-55-40(43)22-37-36(45(55)59)25-64-46(60)49(37,63)6-2)65-48(62)54-16-12-27(13-17-54)11-15-53-18-14-28-19-29(7-10-39(28)53)56(47(51)61)44(50)34-21-32(26(3)4)41(57)23-42(34)58;1-16(2)20-14-21(24(33)15-23(20)32)25-28-29-26(34)31(25)19-3-4-22-18(13-19)8-12-30(22)11-7-17-5-9-27-10-6-17;1-3-12-13-7-11(25)5-6-17(13)23-19-14(12)9-24-18(19)8-16-15(20(24)26)10-29-21(27)22(16,28)4-2/h7-10,14,18-23,26-27,50,57-58,63H,5-6,11-13,15-17,24-25H2,1-4H3,(H2,51,61);3-4,8,12-17,27,32-33H,5-7,9-11H2,1-2H3,(H,29,34);5-8,25,28H,3-4,9-10H2,1-2H3. The number of nitrogens with two attached hydrogens (primary N) is 1. The number of pyridine rings is 4. The van der Waals surface area contributed by atoms with Gasteiger partial charge in [-0.2, -0.15) is 5.10 Å². The topological polar surface area (TPSA) is 436 Å². The number of H-pyrrole nitrogens is 1. The van der Waals surface area contributed by atoms with E-state index >= 15 is 0 Å². The molecule has 3 amide bonds. The highest BCUT2D eigenvalue weighted by Crippen LogP contribution is 2.46. The fraction of sp³-hybridized carbons (Fsp3) is 0.351. The molecule has 0 spiro atoms. The number of ether oxygens (including phenoxy) is 3. The number of anilines is 1. The second-order valence-corrected chi connectivity index (χ2v) is 34.6. The van der Waals surface area contributed by atoms with Gasteiger partial charge in [-0.15, -0.1) is 0 Å². The van der Waals surface area contributed by atoms with Gasteiger partial charge in [0.25, 0.3) is 11.1 Å². The monoisotopic (exact) mass is 1730 g/mol. The minimum Gasteiger partial charge on any atom is -0.508 e. The number of urea groups is 1. The van der Waals surface area contributed by atoms with Crippen molar-refractivity contribution >= 4 is 79.2 Å². The maximum atomic E-state index is 13.7. The van der Waals surface area contributed by atoms with E-state index in [1.807, 2.05) is 84.1 Å². The molecule has 2 fully saturated rings. The Hall–Kier alpha value is -13.9.